The molecule has 3 heteroatoms. The number of methoxy groups -OCH3 is 1. The first-order chi connectivity index (χ1) is 5.18. The predicted molar refractivity (Wildman–Crippen MR) is 45.3 cm³/mol. The molecule has 3 nitrogen and oxygen atoms in total. The Bertz CT molecular complexity index is 92.1. The summed E-state index contributed by atoms with van der Waals surface area (Å²) in [4.78, 5) is 0. The van der Waals surface area contributed by atoms with E-state index in [9.17, 15) is 0 Å². The lowest BCUT2D eigenvalue weighted by atomic mass is 9.96. The summed E-state index contributed by atoms with van der Waals surface area (Å²) in [7, 11) is 1.61. The zero-order valence-corrected chi connectivity index (χ0v) is 7.72. The lowest BCUT2D eigenvalue weighted by Crippen LogP contribution is -2.43. The number of hydrogen-bond donors (Lipinski definition) is 1. The summed E-state index contributed by atoms with van der Waals surface area (Å²) in [6, 6.07) is 0. The standard InChI is InChI=1S/C8H19NO2/c1-4-8(9,5-2)6-11-7-10-3/h4-7,9H2,1-3H3. The molecule has 0 aromatic carbocycles. The quantitative estimate of drug-likeness (QED) is 0.469. The molecule has 0 aliphatic heterocycles. The van der Waals surface area contributed by atoms with Crippen LogP contribution in [0.1, 0.15) is 26.7 Å². The molecule has 11 heavy (non-hydrogen) atoms. The molecule has 0 spiro atoms. The van der Waals surface area contributed by atoms with Gasteiger partial charge in [0.1, 0.15) is 6.79 Å². The molecule has 0 radical (unpaired) electrons. The van der Waals surface area contributed by atoms with Gasteiger partial charge in [0.25, 0.3) is 0 Å². The van der Waals surface area contributed by atoms with Crippen LogP contribution < -0.4 is 5.73 Å². The monoisotopic (exact) mass is 161 g/mol. The molecule has 68 valence electrons. The van der Waals surface area contributed by atoms with Crippen molar-refractivity contribution in [3.63, 3.8) is 0 Å². The molecule has 2 N–H and O–H groups in total. The topological polar surface area (TPSA) is 44.5 Å². The molecule has 0 fully saturated rings. The van der Waals surface area contributed by atoms with Gasteiger partial charge >= 0.3 is 0 Å². The summed E-state index contributed by atoms with van der Waals surface area (Å²) < 4.78 is 9.93. The highest BCUT2D eigenvalue weighted by Crippen LogP contribution is 2.10. The first-order valence-corrected chi connectivity index (χ1v) is 4.04. The summed E-state index contributed by atoms with van der Waals surface area (Å²) in [6.07, 6.45) is 1.88. The molecule has 0 rings (SSSR count). The fourth-order valence-corrected chi connectivity index (χ4v) is 0.782. The summed E-state index contributed by atoms with van der Waals surface area (Å²) in [5, 5.41) is 0. The number of ether oxygens (including phenoxy) is 2. The van der Waals surface area contributed by atoms with Gasteiger partial charge in [0.05, 0.1) is 6.61 Å². The van der Waals surface area contributed by atoms with Crippen LogP contribution in [0.15, 0.2) is 0 Å². The molecule has 0 aromatic rings. The fraction of sp³-hybridized carbons (Fsp3) is 1.00. The Morgan fingerprint density at radius 1 is 1.27 bits per heavy atom. The van der Waals surface area contributed by atoms with Crippen molar-refractivity contribution in [1.82, 2.24) is 0 Å². The van der Waals surface area contributed by atoms with E-state index < -0.39 is 0 Å². The van der Waals surface area contributed by atoms with Crippen LogP contribution in [0.4, 0.5) is 0 Å². The largest absolute Gasteiger partial charge is 0.359 e. The van der Waals surface area contributed by atoms with E-state index in [2.05, 4.69) is 13.8 Å². The molecule has 0 aliphatic rings. The van der Waals surface area contributed by atoms with Crippen molar-refractivity contribution in [1.29, 1.82) is 0 Å². The van der Waals surface area contributed by atoms with Crippen LogP contribution >= 0.6 is 0 Å². The third-order valence-electron chi connectivity index (χ3n) is 2.00. The molecule has 0 bridgehead atoms. The number of hydrogen-bond acceptors (Lipinski definition) is 3. The van der Waals surface area contributed by atoms with Crippen LogP contribution in [-0.2, 0) is 9.47 Å². The Balaban J connectivity index is 3.51. The molecular formula is C8H19NO2. The summed E-state index contributed by atoms with van der Waals surface area (Å²) in [5.74, 6) is 0. The average Bonchev–Trinajstić information content (AvgIpc) is 2.05. The molecular weight excluding hydrogens is 142 g/mol. The van der Waals surface area contributed by atoms with Gasteiger partial charge in [0.2, 0.25) is 0 Å². The van der Waals surface area contributed by atoms with Crippen molar-refractivity contribution < 1.29 is 9.47 Å². The van der Waals surface area contributed by atoms with E-state index in [1.165, 1.54) is 0 Å². The van der Waals surface area contributed by atoms with Crippen molar-refractivity contribution in [3.8, 4) is 0 Å². The minimum Gasteiger partial charge on any atom is -0.359 e. The van der Waals surface area contributed by atoms with Gasteiger partial charge in [-0.15, -0.1) is 0 Å². The molecule has 0 saturated heterocycles. The maximum absolute atomic E-state index is 5.96. The Kier molecular flexibility index (Phi) is 5.46. The van der Waals surface area contributed by atoms with E-state index in [1.54, 1.807) is 7.11 Å². The van der Waals surface area contributed by atoms with E-state index in [1.807, 2.05) is 0 Å². The smallest absolute Gasteiger partial charge is 0.146 e. The van der Waals surface area contributed by atoms with Gasteiger partial charge in [-0.2, -0.15) is 0 Å². The van der Waals surface area contributed by atoms with Gasteiger partial charge in [-0.05, 0) is 12.8 Å². The molecule has 0 unspecified atom stereocenters. The molecule has 0 heterocycles. The maximum atomic E-state index is 5.96. The second-order valence-electron chi connectivity index (χ2n) is 2.82. The second kappa shape index (κ2) is 5.52. The first kappa shape index (κ1) is 10.9. The van der Waals surface area contributed by atoms with Crippen molar-refractivity contribution in [2.45, 2.75) is 32.2 Å². The van der Waals surface area contributed by atoms with Crippen molar-refractivity contribution in [3.05, 3.63) is 0 Å². The highest BCUT2D eigenvalue weighted by Gasteiger charge is 2.19. The molecule has 0 amide bonds. The van der Waals surface area contributed by atoms with Crippen molar-refractivity contribution in [2.24, 2.45) is 5.73 Å². The third kappa shape index (κ3) is 4.35. The fourth-order valence-electron chi connectivity index (χ4n) is 0.782. The first-order valence-electron chi connectivity index (χ1n) is 4.04. The normalized spacial score (nSPS) is 12.0. The van der Waals surface area contributed by atoms with Gasteiger partial charge in [-0.3, -0.25) is 0 Å². The predicted octanol–water partition coefficient (Wildman–Crippen LogP) is 1.12. The van der Waals surface area contributed by atoms with Crippen LogP contribution in [0.25, 0.3) is 0 Å². The van der Waals surface area contributed by atoms with Crippen LogP contribution in [-0.4, -0.2) is 26.0 Å². The zero-order valence-electron chi connectivity index (χ0n) is 7.72. The Labute approximate surface area is 68.9 Å². The highest BCUT2D eigenvalue weighted by atomic mass is 16.7. The molecule has 0 aromatic heterocycles. The summed E-state index contributed by atoms with van der Waals surface area (Å²) >= 11 is 0. The van der Waals surface area contributed by atoms with E-state index in [4.69, 9.17) is 15.2 Å². The van der Waals surface area contributed by atoms with Gasteiger partial charge in [-0.1, -0.05) is 13.8 Å². The van der Waals surface area contributed by atoms with Crippen LogP contribution in [0.5, 0.6) is 0 Å². The maximum Gasteiger partial charge on any atom is 0.146 e. The summed E-state index contributed by atoms with van der Waals surface area (Å²) in [6.45, 7) is 5.05. The van der Waals surface area contributed by atoms with Crippen LogP contribution in [0, 0.1) is 0 Å². The number of rotatable bonds is 6. The van der Waals surface area contributed by atoms with Gasteiger partial charge < -0.3 is 15.2 Å². The third-order valence-corrected chi connectivity index (χ3v) is 2.00. The van der Waals surface area contributed by atoms with Crippen LogP contribution in [0.3, 0.4) is 0 Å². The Morgan fingerprint density at radius 3 is 2.18 bits per heavy atom. The van der Waals surface area contributed by atoms with Gasteiger partial charge in [0.15, 0.2) is 0 Å². The van der Waals surface area contributed by atoms with E-state index in [0.29, 0.717) is 13.4 Å². The van der Waals surface area contributed by atoms with E-state index in [0.717, 1.165) is 12.8 Å². The number of nitrogens with two attached hydrogens (primary N) is 1. The Morgan fingerprint density at radius 2 is 1.82 bits per heavy atom. The molecule has 0 atom stereocenters. The minimum absolute atomic E-state index is 0.168. The summed E-state index contributed by atoms with van der Waals surface area (Å²) in [5.41, 5.74) is 5.79. The van der Waals surface area contributed by atoms with E-state index in [-0.39, 0.29) is 5.54 Å². The van der Waals surface area contributed by atoms with Crippen molar-refractivity contribution in [2.75, 3.05) is 20.5 Å². The SMILES string of the molecule is CCC(N)(CC)COCOC. The highest BCUT2D eigenvalue weighted by molar-refractivity contribution is 4.79. The van der Waals surface area contributed by atoms with Crippen molar-refractivity contribution >= 4 is 0 Å². The lowest BCUT2D eigenvalue weighted by Gasteiger charge is -2.25. The average molecular weight is 161 g/mol. The van der Waals surface area contributed by atoms with E-state index >= 15 is 0 Å². The minimum atomic E-state index is -0.168. The molecule has 0 saturated carbocycles. The Hall–Kier alpha value is -0.120. The second-order valence-corrected chi connectivity index (χ2v) is 2.82. The lowest BCUT2D eigenvalue weighted by molar-refractivity contribution is -0.0492. The van der Waals surface area contributed by atoms with Gasteiger partial charge in [0, 0.05) is 12.6 Å². The molecule has 0 aliphatic carbocycles. The van der Waals surface area contributed by atoms with Gasteiger partial charge in [-0.25, -0.2) is 0 Å². The zero-order chi connectivity index (χ0) is 8.74. The van der Waals surface area contributed by atoms with Crippen LogP contribution in [0.2, 0.25) is 0 Å².